The molecule has 0 aliphatic carbocycles. The highest BCUT2D eigenvalue weighted by atomic mass is 16.5. The number of hydrogen-bond acceptors (Lipinski definition) is 8. The van der Waals surface area contributed by atoms with Crippen LogP contribution in [0, 0.1) is 5.92 Å². The first-order chi connectivity index (χ1) is 15.7. The van der Waals surface area contributed by atoms with Gasteiger partial charge in [-0.05, 0) is 36.5 Å². The molecule has 0 spiro atoms. The molecular weight excluding hydrogens is 430 g/mol. The highest BCUT2D eigenvalue weighted by Crippen LogP contribution is 2.32. The number of imide groups is 1. The fourth-order valence-electron chi connectivity index (χ4n) is 4.03. The van der Waals surface area contributed by atoms with Crippen LogP contribution in [0.2, 0.25) is 0 Å². The van der Waals surface area contributed by atoms with Crippen molar-refractivity contribution in [3.8, 4) is 5.75 Å². The lowest BCUT2D eigenvalue weighted by Gasteiger charge is -2.30. The van der Waals surface area contributed by atoms with E-state index in [4.69, 9.17) is 4.74 Å². The maximum atomic E-state index is 13.2. The Bertz CT molecular complexity index is 873. The van der Waals surface area contributed by atoms with E-state index in [0.29, 0.717) is 24.3 Å². The topological polar surface area (TPSA) is 134 Å². The maximum Gasteiger partial charge on any atom is 0.305 e. The Kier molecular flexibility index (Phi) is 9.36. The molecule has 0 saturated carbocycles. The summed E-state index contributed by atoms with van der Waals surface area (Å²) in [7, 11) is 2.77. The number of nitrogens with one attached hydrogen (secondary N) is 2. The number of hydroxylamine groups is 1. The molecule has 33 heavy (non-hydrogen) atoms. The number of likely N-dealkylation sites (tertiary alicyclic amines) is 1. The molecule has 1 aromatic carbocycles. The van der Waals surface area contributed by atoms with E-state index in [0.717, 1.165) is 4.90 Å². The van der Waals surface area contributed by atoms with Gasteiger partial charge >= 0.3 is 5.97 Å². The first-order valence-electron chi connectivity index (χ1n) is 10.9. The minimum Gasteiger partial charge on any atom is -0.494 e. The van der Waals surface area contributed by atoms with E-state index in [1.54, 1.807) is 24.3 Å². The van der Waals surface area contributed by atoms with Gasteiger partial charge < -0.3 is 20.0 Å². The van der Waals surface area contributed by atoms with Crippen LogP contribution < -0.4 is 15.5 Å². The molecule has 2 atom stereocenters. The molecular formula is C23H33N3O7. The van der Waals surface area contributed by atoms with Crippen LogP contribution in [-0.4, -0.2) is 66.1 Å². The third kappa shape index (κ3) is 6.52. The maximum absolute atomic E-state index is 13.2. The van der Waals surface area contributed by atoms with Crippen LogP contribution in [0.5, 0.6) is 5.75 Å². The van der Waals surface area contributed by atoms with Gasteiger partial charge in [-0.2, -0.15) is 5.48 Å². The molecule has 182 valence electrons. The smallest absolute Gasteiger partial charge is 0.305 e. The van der Waals surface area contributed by atoms with Crippen molar-refractivity contribution in [3.05, 3.63) is 29.8 Å². The number of esters is 1. The van der Waals surface area contributed by atoms with Crippen molar-refractivity contribution in [1.29, 1.82) is 0 Å². The van der Waals surface area contributed by atoms with E-state index >= 15 is 0 Å². The SMILES string of the molecule is CNC(=O)[C@H](Cc1cccc(OCCCC(=O)OC)c1)N1C(=O)C[C@@](CC(C)C)(NO)C1=O. The van der Waals surface area contributed by atoms with Crippen molar-refractivity contribution in [2.24, 2.45) is 5.92 Å². The van der Waals surface area contributed by atoms with Gasteiger partial charge in [-0.1, -0.05) is 26.0 Å². The third-order valence-electron chi connectivity index (χ3n) is 5.53. The molecule has 10 nitrogen and oxygen atoms in total. The monoisotopic (exact) mass is 463 g/mol. The van der Waals surface area contributed by atoms with Gasteiger partial charge in [-0.3, -0.25) is 24.1 Å². The molecule has 3 N–H and O–H groups in total. The zero-order chi connectivity index (χ0) is 24.6. The number of methoxy groups -OCH3 is 1. The van der Waals surface area contributed by atoms with Gasteiger partial charge in [-0.15, -0.1) is 0 Å². The van der Waals surface area contributed by atoms with Crippen LogP contribution in [-0.2, 0) is 30.3 Å². The van der Waals surface area contributed by atoms with Crippen molar-refractivity contribution >= 4 is 23.7 Å². The van der Waals surface area contributed by atoms with E-state index in [2.05, 4.69) is 10.1 Å². The Hall–Kier alpha value is -2.98. The number of amides is 3. The number of rotatable bonds is 12. The van der Waals surface area contributed by atoms with Gasteiger partial charge in [0, 0.05) is 19.9 Å². The van der Waals surface area contributed by atoms with Gasteiger partial charge in [0.1, 0.15) is 17.3 Å². The Morgan fingerprint density at radius 2 is 2.00 bits per heavy atom. The molecule has 0 aromatic heterocycles. The summed E-state index contributed by atoms with van der Waals surface area (Å²) in [6.45, 7) is 4.07. The van der Waals surface area contributed by atoms with E-state index in [1.165, 1.54) is 14.2 Å². The largest absolute Gasteiger partial charge is 0.494 e. The fraction of sp³-hybridized carbons (Fsp3) is 0.565. The zero-order valence-electron chi connectivity index (χ0n) is 19.6. The molecule has 3 amide bonds. The molecule has 1 heterocycles. The second kappa shape index (κ2) is 11.8. The van der Waals surface area contributed by atoms with Crippen molar-refractivity contribution in [3.63, 3.8) is 0 Å². The lowest BCUT2D eigenvalue weighted by atomic mass is 9.88. The van der Waals surface area contributed by atoms with Crippen LogP contribution in [0.1, 0.15) is 45.1 Å². The molecule has 1 aliphatic rings. The number of benzene rings is 1. The molecule has 2 rings (SSSR count). The van der Waals surface area contributed by atoms with Crippen LogP contribution in [0.4, 0.5) is 0 Å². The number of carbonyl (C=O) groups excluding carboxylic acids is 4. The van der Waals surface area contributed by atoms with E-state index in [-0.39, 0.29) is 37.6 Å². The summed E-state index contributed by atoms with van der Waals surface area (Å²) in [5, 5.41) is 12.3. The lowest BCUT2D eigenvalue weighted by Crippen LogP contribution is -2.56. The summed E-state index contributed by atoms with van der Waals surface area (Å²) in [4.78, 5) is 50.9. The number of likely N-dealkylation sites (N-methyl/N-ethyl adjacent to an activating group) is 1. The van der Waals surface area contributed by atoms with E-state index in [1.807, 2.05) is 19.3 Å². The summed E-state index contributed by atoms with van der Waals surface area (Å²) >= 11 is 0. The Morgan fingerprint density at radius 3 is 2.61 bits per heavy atom. The molecule has 0 unspecified atom stereocenters. The van der Waals surface area contributed by atoms with Crippen LogP contribution in [0.3, 0.4) is 0 Å². The summed E-state index contributed by atoms with van der Waals surface area (Å²) in [5.41, 5.74) is 1.29. The molecule has 10 heteroatoms. The second-order valence-corrected chi connectivity index (χ2v) is 8.55. The van der Waals surface area contributed by atoms with Crippen LogP contribution >= 0.6 is 0 Å². The number of hydrogen-bond donors (Lipinski definition) is 3. The fourth-order valence-corrected chi connectivity index (χ4v) is 4.03. The number of ether oxygens (including phenoxy) is 2. The van der Waals surface area contributed by atoms with Crippen molar-refractivity contribution in [2.45, 2.75) is 57.5 Å². The Morgan fingerprint density at radius 1 is 1.27 bits per heavy atom. The lowest BCUT2D eigenvalue weighted by molar-refractivity contribution is -0.149. The van der Waals surface area contributed by atoms with Gasteiger partial charge in [0.2, 0.25) is 11.8 Å². The quantitative estimate of drug-likeness (QED) is 0.182. The second-order valence-electron chi connectivity index (χ2n) is 8.55. The number of carbonyl (C=O) groups is 4. The zero-order valence-corrected chi connectivity index (χ0v) is 19.6. The number of nitrogens with zero attached hydrogens (tertiary/aromatic N) is 1. The first-order valence-corrected chi connectivity index (χ1v) is 10.9. The molecule has 1 aromatic rings. The average molecular weight is 464 g/mol. The average Bonchev–Trinajstić information content (AvgIpc) is 3.03. The molecule has 1 aliphatic heterocycles. The standard InChI is InChI=1S/C23H33N3O7/c1-15(2)13-23(25-31)14-19(27)26(22(23)30)18(21(29)24-3)12-16-7-5-8-17(11-16)33-10-6-9-20(28)32-4/h5,7-8,11,15,18,25,31H,6,9-10,12-14H2,1-4H3,(H,24,29)/t18-,23+/m0/s1. The minimum atomic E-state index is -1.44. The molecule has 0 radical (unpaired) electrons. The molecule has 1 fully saturated rings. The van der Waals surface area contributed by atoms with Gasteiger partial charge in [0.05, 0.1) is 20.1 Å². The predicted molar refractivity (Wildman–Crippen MR) is 118 cm³/mol. The van der Waals surface area contributed by atoms with Gasteiger partial charge in [0.15, 0.2) is 0 Å². The highest BCUT2D eigenvalue weighted by Gasteiger charge is 2.54. The van der Waals surface area contributed by atoms with Crippen LogP contribution in [0.25, 0.3) is 0 Å². The van der Waals surface area contributed by atoms with Gasteiger partial charge in [-0.25, -0.2) is 0 Å². The Balaban J connectivity index is 2.18. The van der Waals surface area contributed by atoms with E-state index in [9.17, 15) is 24.4 Å². The first kappa shape index (κ1) is 26.3. The van der Waals surface area contributed by atoms with Crippen molar-refractivity contribution < 1.29 is 33.9 Å². The summed E-state index contributed by atoms with van der Waals surface area (Å²) in [6.07, 6.45) is 0.836. The molecule has 0 bridgehead atoms. The summed E-state index contributed by atoms with van der Waals surface area (Å²) < 4.78 is 10.3. The highest BCUT2D eigenvalue weighted by molar-refractivity contribution is 6.11. The predicted octanol–water partition coefficient (Wildman–Crippen LogP) is 1.20. The summed E-state index contributed by atoms with van der Waals surface area (Å²) in [6, 6.07) is 5.91. The van der Waals surface area contributed by atoms with Crippen molar-refractivity contribution in [2.75, 3.05) is 20.8 Å². The van der Waals surface area contributed by atoms with Gasteiger partial charge in [0.25, 0.3) is 5.91 Å². The van der Waals surface area contributed by atoms with E-state index < -0.39 is 29.3 Å². The minimum absolute atomic E-state index is 0.0350. The normalized spacial score (nSPS) is 19.0. The Labute approximate surface area is 193 Å². The van der Waals surface area contributed by atoms with Crippen LogP contribution in [0.15, 0.2) is 24.3 Å². The molecule has 1 saturated heterocycles. The van der Waals surface area contributed by atoms with Crippen molar-refractivity contribution in [1.82, 2.24) is 15.7 Å². The third-order valence-corrected chi connectivity index (χ3v) is 5.53. The summed E-state index contributed by atoms with van der Waals surface area (Å²) in [5.74, 6) is -1.37.